The van der Waals surface area contributed by atoms with Crippen molar-refractivity contribution < 1.29 is 25.8 Å². The van der Waals surface area contributed by atoms with Crippen LogP contribution >= 0.6 is 0 Å². The Balaban J connectivity index is 0.00000300. The predicted octanol–water partition coefficient (Wildman–Crippen LogP) is 8.92. The van der Waals surface area contributed by atoms with Crippen LogP contribution in [-0.4, -0.2) is 21.2 Å². The quantitative estimate of drug-likeness (QED) is 0.168. The van der Waals surface area contributed by atoms with Gasteiger partial charge in [-0.1, -0.05) is 54.0 Å². The van der Waals surface area contributed by atoms with E-state index in [4.69, 9.17) is 9.72 Å². The number of pyridine rings is 1. The van der Waals surface area contributed by atoms with Crippen LogP contribution in [0.15, 0.2) is 115 Å². The minimum atomic E-state index is 0. The Kier molecular flexibility index (Phi) is 6.43. The van der Waals surface area contributed by atoms with Crippen LogP contribution in [-0.2, 0) is 28.1 Å². The van der Waals surface area contributed by atoms with Gasteiger partial charge in [0.1, 0.15) is 5.82 Å². The van der Waals surface area contributed by atoms with E-state index >= 15 is 0 Å². The molecule has 4 heterocycles. The largest absolute Gasteiger partial charge is 0.509 e. The first kappa shape index (κ1) is 27.5. The summed E-state index contributed by atoms with van der Waals surface area (Å²) >= 11 is 0. The van der Waals surface area contributed by atoms with Crippen molar-refractivity contribution in [2.24, 2.45) is 7.05 Å². The molecule has 222 valence electrons. The molecule has 0 radical (unpaired) electrons. The Hall–Kier alpha value is -5.06. The molecule has 1 aliphatic rings. The van der Waals surface area contributed by atoms with Gasteiger partial charge in [-0.05, 0) is 36.7 Å². The third-order valence-electron chi connectivity index (χ3n) is 8.61. The van der Waals surface area contributed by atoms with Crippen molar-refractivity contribution >= 4 is 60.7 Å². The number of nitrogens with zero attached hydrogens (tertiary/aromatic N) is 5. The minimum absolute atomic E-state index is 0. The standard InChI is InChI=1S/C38H26N5O.Pt/c1-40-24-42(35-17-8-7-16-34(35)40)25-10-9-11-26(20-25)44-27-18-19-30-28-12-4-6-15-33(28)43(37(30)21-27)38-22-36-31(23-39-38)29-13-3-5-14-32(29)41(36)2;/h3-19,22-24H,1-2H3;/q-3;. The van der Waals surface area contributed by atoms with E-state index in [0.717, 1.165) is 55.6 Å². The number of fused-ring (bicyclic) bond motifs is 7. The fraction of sp³-hybridized carbons (Fsp3) is 0.0526. The van der Waals surface area contributed by atoms with Gasteiger partial charge in [0.05, 0.1) is 5.52 Å². The first-order valence-electron chi connectivity index (χ1n) is 14.6. The Bertz CT molecular complexity index is 2410. The summed E-state index contributed by atoms with van der Waals surface area (Å²) in [5.41, 5.74) is 7.46. The molecule has 0 saturated carbocycles. The maximum Gasteiger partial charge on any atom is 0.137 e. The molecule has 0 bridgehead atoms. The van der Waals surface area contributed by atoms with E-state index < -0.39 is 0 Å². The van der Waals surface area contributed by atoms with Crippen LogP contribution in [0, 0.1) is 18.8 Å². The van der Waals surface area contributed by atoms with Crippen molar-refractivity contribution in [1.29, 1.82) is 0 Å². The summed E-state index contributed by atoms with van der Waals surface area (Å²) in [6.45, 7) is 2.07. The van der Waals surface area contributed by atoms with E-state index in [9.17, 15) is 0 Å². The molecule has 1 aliphatic heterocycles. The molecule has 45 heavy (non-hydrogen) atoms. The number of para-hydroxylation sites is 4. The molecule has 0 unspecified atom stereocenters. The molecule has 0 atom stereocenters. The molecule has 0 saturated heterocycles. The van der Waals surface area contributed by atoms with Crippen LogP contribution in [0.2, 0.25) is 0 Å². The topological polar surface area (TPSA) is 38.5 Å². The summed E-state index contributed by atoms with van der Waals surface area (Å²) in [7, 11) is 4.16. The predicted molar refractivity (Wildman–Crippen MR) is 178 cm³/mol. The number of benzene rings is 5. The van der Waals surface area contributed by atoms with Crippen molar-refractivity contribution in [3.8, 4) is 17.3 Å². The van der Waals surface area contributed by atoms with Crippen LogP contribution < -0.4 is 14.5 Å². The molecule has 0 spiro atoms. The summed E-state index contributed by atoms with van der Waals surface area (Å²) < 4.78 is 10.8. The van der Waals surface area contributed by atoms with Crippen LogP contribution in [0.3, 0.4) is 0 Å². The third kappa shape index (κ3) is 4.24. The molecular weight excluding hydrogens is 738 g/mol. The zero-order valence-electron chi connectivity index (χ0n) is 24.5. The second-order valence-corrected chi connectivity index (χ2v) is 11.2. The summed E-state index contributed by atoms with van der Waals surface area (Å²) in [5, 5.41) is 4.58. The van der Waals surface area contributed by atoms with Gasteiger partial charge in [0, 0.05) is 85.1 Å². The Labute approximate surface area is 274 Å². The molecule has 9 rings (SSSR count). The molecule has 8 aromatic rings. The molecule has 0 N–H and O–H groups in total. The van der Waals surface area contributed by atoms with Crippen LogP contribution in [0.25, 0.3) is 49.4 Å². The average molecular weight is 764 g/mol. The van der Waals surface area contributed by atoms with E-state index in [1.165, 1.54) is 10.9 Å². The molecule has 0 aliphatic carbocycles. The van der Waals surface area contributed by atoms with Crippen LogP contribution in [0.5, 0.6) is 11.5 Å². The van der Waals surface area contributed by atoms with Gasteiger partial charge in [-0.25, -0.2) is 4.98 Å². The number of aromatic nitrogens is 3. The van der Waals surface area contributed by atoms with Gasteiger partial charge in [0.25, 0.3) is 0 Å². The smallest absolute Gasteiger partial charge is 0.137 e. The fourth-order valence-electron chi connectivity index (χ4n) is 6.55. The SMILES string of the molecule is CN1[CH-]N(c2[c-]c(Oc3[c-]c4c(cc3)c3ccccc3n4-c3cc4c(cn3)c3ccccc3n4C)ccc2)c2ccccc21.[Pt]. The second kappa shape index (κ2) is 10.5. The average Bonchev–Trinajstić information content (AvgIpc) is 3.68. The zero-order valence-corrected chi connectivity index (χ0v) is 26.8. The van der Waals surface area contributed by atoms with Crippen LogP contribution in [0.4, 0.5) is 17.1 Å². The number of hydrogen-bond acceptors (Lipinski definition) is 4. The summed E-state index contributed by atoms with van der Waals surface area (Å²) in [4.78, 5) is 9.22. The van der Waals surface area contributed by atoms with Crippen molar-refractivity contribution in [1.82, 2.24) is 14.1 Å². The molecule has 7 heteroatoms. The number of anilines is 3. The first-order valence-corrected chi connectivity index (χ1v) is 14.6. The summed E-state index contributed by atoms with van der Waals surface area (Å²) in [6, 6.07) is 44.5. The third-order valence-corrected chi connectivity index (χ3v) is 8.61. The number of aryl methyl sites for hydroxylation is 1. The van der Waals surface area contributed by atoms with Gasteiger partial charge in [-0.15, -0.1) is 41.4 Å². The van der Waals surface area contributed by atoms with Gasteiger partial charge < -0.3 is 23.7 Å². The van der Waals surface area contributed by atoms with Crippen LogP contribution in [0.1, 0.15) is 0 Å². The van der Waals surface area contributed by atoms with E-state index in [0.29, 0.717) is 11.5 Å². The molecule has 6 nitrogen and oxygen atoms in total. The van der Waals surface area contributed by atoms with Gasteiger partial charge in [-0.2, -0.15) is 18.8 Å². The van der Waals surface area contributed by atoms with Gasteiger partial charge >= 0.3 is 0 Å². The molecule has 3 aromatic heterocycles. The van der Waals surface area contributed by atoms with Gasteiger partial charge in [0.15, 0.2) is 0 Å². The molecule has 0 fully saturated rings. The molecule has 5 aromatic carbocycles. The van der Waals surface area contributed by atoms with Crippen molar-refractivity contribution in [3.05, 3.63) is 134 Å². The van der Waals surface area contributed by atoms with E-state index in [2.05, 4.69) is 137 Å². The minimum Gasteiger partial charge on any atom is -0.509 e. The number of rotatable bonds is 4. The summed E-state index contributed by atoms with van der Waals surface area (Å²) in [6.07, 6.45) is 1.99. The Morgan fingerprint density at radius 1 is 0.644 bits per heavy atom. The molecular formula is C38H26N5OPt-3. The number of hydrogen-bond donors (Lipinski definition) is 0. The van der Waals surface area contributed by atoms with Crippen molar-refractivity contribution in [2.45, 2.75) is 0 Å². The second-order valence-electron chi connectivity index (χ2n) is 11.2. The Morgan fingerprint density at radius 2 is 1.36 bits per heavy atom. The monoisotopic (exact) mass is 763 g/mol. The maximum absolute atomic E-state index is 6.41. The summed E-state index contributed by atoms with van der Waals surface area (Å²) in [5.74, 6) is 2.07. The molecule has 0 amide bonds. The van der Waals surface area contributed by atoms with Gasteiger partial charge in [0.2, 0.25) is 0 Å². The number of ether oxygens (including phenoxy) is 1. The zero-order chi connectivity index (χ0) is 29.4. The maximum atomic E-state index is 6.41. The van der Waals surface area contributed by atoms with Crippen molar-refractivity contribution in [3.63, 3.8) is 0 Å². The van der Waals surface area contributed by atoms with Gasteiger partial charge in [-0.3, -0.25) is 0 Å². The first-order chi connectivity index (χ1) is 21.6. The fourth-order valence-corrected chi connectivity index (χ4v) is 6.55. The Morgan fingerprint density at radius 3 is 2.20 bits per heavy atom. The van der Waals surface area contributed by atoms with E-state index in [1.54, 1.807) is 0 Å². The van der Waals surface area contributed by atoms with E-state index in [-0.39, 0.29) is 21.1 Å². The van der Waals surface area contributed by atoms with E-state index in [1.807, 2.05) is 30.5 Å². The normalized spacial score (nSPS) is 12.8. The van der Waals surface area contributed by atoms with Crippen molar-refractivity contribution in [2.75, 3.05) is 16.8 Å².